The minimum absolute atomic E-state index is 0.0601. The molecule has 8 nitrogen and oxygen atoms in total. The maximum absolute atomic E-state index is 12.5. The van der Waals surface area contributed by atoms with E-state index in [0.717, 1.165) is 5.56 Å². The van der Waals surface area contributed by atoms with E-state index < -0.39 is 41.5 Å². The minimum Gasteiger partial charge on any atom is -0.465 e. The quantitative estimate of drug-likeness (QED) is 0.321. The van der Waals surface area contributed by atoms with Crippen molar-refractivity contribution in [2.24, 2.45) is 11.8 Å². The Morgan fingerprint density at radius 3 is 2.00 bits per heavy atom. The molecule has 0 spiro atoms. The number of rotatable bonds is 11. The van der Waals surface area contributed by atoms with Crippen LogP contribution in [0.15, 0.2) is 30.3 Å². The van der Waals surface area contributed by atoms with E-state index in [1.54, 1.807) is 41.5 Å². The van der Waals surface area contributed by atoms with Crippen LogP contribution >= 0.6 is 0 Å². The van der Waals surface area contributed by atoms with Crippen molar-refractivity contribution in [3.05, 3.63) is 35.9 Å². The third-order valence-electron chi connectivity index (χ3n) is 4.35. The molecule has 0 aromatic heterocycles. The second-order valence-electron chi connectivity index (χ2n) is 8.09. The highest BCUT2D eigenvalue weighted by Gasteiger charge is 2.40. The molecular formula is C23H35NO7. The van der Waals surface area contributed by atoms with Gasteiger partial charge in [-0.1, -0.05) is 37.3 Å². The van der Waals surface area contributed by atoms with Gasteiger partial charge in [-0.15, -0.1) is 0 Å². The molecule has 1 N–H and O–H groups in total. The van der Waals surface area contributed by atoms with Crippen molar-refractivity contribution in [3.8, 4) is 0 Å². The van der Waals surface area contributed by atoms with Crippen LogP contribution in [-0.4, -0.2) is 49.5 Å². The number of esters is 2. The highest BCUT2D eigenvalue weighted by molar-refractivity contribution is 5.95. The smallest absolute Gasteiger partial charge is 0.407 e. The molecule has 31 heavy (non-hydrogen) atoms. The first kappa shape index (κ1) is 26.4. The van der Waals surface area contributed by atoms with Crippen LogP contribution in [0.1, 0.15) is 47.1 Å². The average molecular weight is 438 g/mol. The number of carbonyl (C=O) groups excluding carboxylic acids is 3. The number of ether oxygens (including phenoxy) is 4. The second kappa shape index (κ2) is 12.9. The van der Waals surface area contributed by atoms with E-state index >= 15 is 0 Å². The first-order chi connectivity index (χ1) is 14.6. The molecule has 2 atom stereocenters. The van der Waals surface area contributed by atoms with Crippen LogP contribution in [0, 0.1) is 11.8 Å². The summed E-state index contributed by atoms with van der Waals surface area (Å²) in [4.78, 5) is 37.4. The van der Waals surface area contributed by atoms with Crippen molar-refractivity contribution < 1.29 is 33.3 Å². The summed E-state index contributed by atoms with van der Waals surface area (Å²) in [7, 11) is 0. The van der Waals surface area contributed by atoms with Gasteiger partial charge in [-0.2, -0.15) is 0 Å². The van der Waals surface area contributed by atoms with Gasteiger partial charge in [-0.25, -0.2) is 4.79 Å². The van der Waals surface area contributed by atoms with Crippen molar-refractivity contribution in [2.45, 2.75) is 59.8 Å². The van der Waals surface area contributed by atoms with Gasteiger partial charge in [0.15, 0.2) is 5.92 Å². The van der Waals surface area contributed by atoms with Gasteiger partial charge in [-0.05, 0) is 40.2 Å². The Balaban J connectivity index is 3.01. The lowest BCUT2D eigenvalue weighted by atomic mass is 9.87. The minimum atomic E-state index is -1.21. The van der Waals surface area contributed by atoms with Gasteiger partial charge in [0.1, 0.15) is 5.60 Å². The predicted octanol–water partition coefficient (Wildman–Crippen LogP) is 3.48. The molecule has 0 bridgehead atoms. The van der Waals surface area contributed by atoms with Crippen LogP contribution in [0.5, 0.6) is 0 Å². The SMILES string of the molecule is CCOC(=O)C(C(=O)OCC)[C@H](C)[C@H](COCc1ccccc1)NC(=O)OC(C)(C)C. The Morgan fingerprint density at radius 2 is 1.52 bits per heavy atom. The van der Waals surface area contributed by atoms with Crippen LogP contribution in [0.4, 0.5) is 4.79 Å². The van der Waals surface area contributed by atoms with Crippen LogP contribution in [0.25, 0.3) is 0 Å². The summed E-state index contributed by atoms with van der Waals surface area (Å²) in [5, 5.41) is 2.73. The van der Waals surface area contributed by atoms with Gasteiger partial charge in [0, 0.05) is 5.92 Å². The van der Waals surface area contributed by atoms with E-state index in [2.05, 4.69) is 5.32 Å². The zero-order valence-electron chi connectivity index (χ0n) is 19.3. The number of hydrogen-bond donors (Lipinski definition) is 1. The van der Waals surface area contributed by atoms with E-state index in [4.69, 9.17) is 18.9 Å². The lowest BCUT2D eigenvalue weighted by Gasteiger charge is -2.30. The molecule has 0 aliphatic rings. The monoisotopic (exact) mass is 437 g/mol. The van der Waals surface area contributed by atoms with Crippen LogP contribution < -0.4 is 5.32 Å². The molecule has 0 aliphatic heterocycles. The van der Waals surface area contributed by atoms with E-state index in [-0.39, 0.29) is 19.8 Å². The summed E-state index contributed by atoms with van der Waals surface area (Å²) in [6.45, 7) is 10.8. The zero-order chi connectivity index (χ0) is 23.4. The predicted molar refractivity (Wildman–Crippen MR) is 115 cm³/mol. The summed E-state index contributed by atoms with van der Waals surface area (Å²) in [5.74, 6) is -3.28. The first-order valence-electron chi connectivity index (χ1n) is 10.5. The molecule has 1 aromatic rings. The Hall–Kier alpha value is -2.61. The standard InChI is InChI=1S/C23H35NO7/c1-7-29-20(25)19(21(26)30-8-2)16(3)18(24-22(27)31-23(4,5)6)15-28-14-17-12-10-9-11-13-17/h9-13,16,18-19H,7-8,14-15H2,1-6H3,(H,24,27)/t16-,18+/m1/s1. The highest BCUT2D eigenvalue weighted by Crippen LogP contribution is 2.21. The number of alkyl carbamates (subject to hydrolysis) is 1. The summed E-state index contributed by atoms with van der Waals surface area (Å²) >= 11 is 0. The van der Waals surface area contributed by atoms with Crippen LogP contribution in [0.3, 0.4) is 0 Å². The molecule has 8 heteroatoms. The number of hydrogen-bond acceptors (Lipinski definition) is 7. The molecule has 1 aromatic carbocycles. The van der Waals surface area contributed by atoms with Gasteiger partial charge in [0.05, 0.1) is 32.5 Å². The molecule has 0 aliphatic carbocycles. The molecule has 1 rings (SSSR count). The molecule has 1 amide bonds. The Kier molecular flexibility index (Phi) is 11.0. The normalized spacial score (nSPS) is 13.3. The van der Waals surface area contributed by atoms with Crippen molar-refractivity contribution in [1.82, 2.24) is 5.32 Å². The fraction of sp³-hybridized carbons (Fsp3) is 0.609. The molecule has 174 valence electrons. The number of amides is 1. The Bertz CT molecular complexity index is 682. The lowest BCUT2D eigenvalue weighted by molar-refractivity contribution is -0.165. The van der Waals surface area contributed by atoms with Crippen molar-refractivity contribution >= 4 is 18.0 Å². The average Bonchev–Trinajstić information content (AvgIpc) is 2.67. The number of benzene rings is 1. The second-order valence-corrected chi connectivity index (χ2v) is 8.09. The molecule has 0 unspecified atom stereocenters. The van der Waals surface area contributed by atoms with E-state index in [1.165, 1.54) is 0 Å². The summed E-state index contributed by atoms with van der Waals surface area (Å²) in [5.41, 5.74) is 0.253. The molecular weight excluding hydrogens is 402 g/mol. The third-order valence-corrected chi connectivity index (χ3v) is 4.35. The van der Waals surface area contributed by atoms with Gasteiger partial charge < -0.3 is 24.3 Å². The lowest BCUT2D eigenvalue weighted by Crippen LogP contribution is -2.50. The van der Waals surface area contributed by atoms with Gasteiger partial charge in [-0.3, -0.25) is 9.59 Å². The van der Waals surface area contributed by atoms with Gasteiger partial charge >= 0.3 is 18.0 Å². The van der Waals surface area contributed by atoms with Crippen LogP contribution in [-0.2, 0) is 35.1 Å². The van der Waals surface area contributed by atoms with Crippen molar-refractivity contribution in [2.75, 3.05) is 19.8 Å². The molecule has 0 radical (unpaired) electrons. The molecule has 0 fully saturated rings. The fourth-order valence-electron chi connectivity index (χ4n) is 2.88. The third kappa shape index (κ3) is 9.83. The van der Waals surface area contributed by atoms with E-state index in [1.807, 2.05) is 30.3 Å². The topological polar surface area (TPSA) is 100 Å². The van der Waals surface area contributed by atoms with Crippen molar-refractivity contribution in [3.63, 3.8) is 0 Å². The zero-order valence-corrected chi connectivity index (χ0v) is 19.3. The summed E-state index contributed by atoms with van der Waals surface area (Å²) < 4.78 is 21.3. The maximum Gasteiger partial charge on any atom is 0.407 e. The highest BCUT2D eigenvalue weighted by atomic mass is 16.6. The Morgan fingerprint density at radius 1 is 0.968 bits per heavy atom. The maximum atomic E-state index is 12.5. The summed E-state index contributed by atoms with van der Waals surface area (Å²) in [6, 6.07) is 8.84. The van der Waals surface area contributed by atoms with Crippen LogP contribution in [0.2, 0.25) is 0 Å². The number of nitrogens with one attached hydrogen (secondary N) is 1. The largest absolute Gasteiger partial charge is 0.465 e. The van der Waals surface area contributed by atoms with E-state index in [0.29, 0.717) is 6.61 Å². The molecule has 0 heterocycles. The summed E-state index contributed by atoms with van der Waals surface area (Å²) in [6.07, 6.45) is -0.667. The first-order valence-corrected chi connectivity index (χ1v) is 10.5. The van der Waals surface area contributed by atoms with Gasteiger partial charge in [0.2, 0.25) is 0 Å². The Labute approximate surface area is 184 Å². The van der Waals surface area contributed by atoms with Gasteiger partial charge in [0.25, 0.3) is 0 Å². The number of carbonyl (C=O) groups is 3. The fourth-order valence-corrected chi connectivity index (χ4v) is 2.88. The molecule has 0 saturated heterocycles. The van der Waals surface area contributed by atoms with Crippen molar-refractivity contribution in [1.29, 1.82) is 0 Å². The van der Waals surface area contributed by atoms with E-state index in [9.17, 15) is 14.4 Å². The molecule has 0 saturated carbocycles.